The van der Waals surface area contributed by atoms with Crippen molar-refractivity contribution < 1.29 is 18.3 Å². The van der Waals surface area contributed by atoms with Crippen molar-refractivity contribution >= 4 is 27.6 Å². The minimum atomic E-state index is -0.728. The van der Waals surface area contributed by atoms with Crippen LogP contribution < -0.4 is 9.64 Å². The largest absolute Gasteiger partial charge is 0.463 e. The molecule has 1 N–H and O–H groups in total. The predicted molar refractivity (Wildman–Crippen MR) is 162 cm³/mol. The first kappa shape index (κ1) is 26.9. The van der Waals surface area contributed by atoms with Crippen LogP contribution in [0.5, 0.6) is 6.01 Å². The summed E-state index contributed by atoms with van der Waals surface area (Å²) < 4.78 is 42.8. The summed E-state index contributed by atoms with van der Waals surface area (Å²) in [5.74, 6) is 0.570. The number of rotatable bonds is 8. The Balaban J connectivity index is 1.14. The summed E-state index contributed by atoms with van der Waals surface area (Å²) in [4.78, 5) is 18.8. The summed E-state index contributed by atoms with van der Waals surface area (Å²) in [6, 6.07) is 2.28. The van der Waals surface area contributed by atoms with Crippen LogP contribution in [-0.2, 0) is 4.74 Å². The van der Waals surface area contributed by atoms with Gasteiger partial charge in [0, 0.05) is 61.7 Å². The molecule has 9 nitrogen and oxygen atoms in total. The van der Waals surface area contributed by atoms with Gasteiger partial charge in [0.1, 0.15) is 23.2 Å². The second kappa shape index (κ2) is 9.78. The first-order valence-corrected chi connectivity index (χ1v) is 16.1. The van der Waals surface area contributed by atoms with E-state index in [1.54, 1.807) is 12.4 Å². The van der Waals surface area contributed by atoms with Gasteiger partial charge in [0.2, 0.25) is 0 Å². The minimum absolute atomic E-state index is 0.0247. The molecule has 1 aromatic carbocycles. The number of hydrogen-bond donors (Lipinski definition) is 1. The number of ether oxygens (including phenoxy) is 2. The van der Waals surface area contributed by atoms with Gasteiger partial charge in [-0.05, 0) is 68.6 Å². The Morgan fingerprint density at radius 1 is 1.11 bits per heavy atom. The number of H-pyrrole nitrogens is 1. The van der Waals surface area contributed by atoms with Gasteiger partial charge >= 0.3 is 6.01 Å². The molecule has 230 valence electrons. The molecule has 5 aliphatic rings. The fourth-order valence-corrected chi connectivity index (χ4v) is 7.74. The van der Waals surface area contributed by atoms with E-state index >= 15 is 4.39 Å². The zero-order valence-electron chi connectivity index (χ0n) is 25.0. The van der Waals surface area contributed by atoms with Crippen LogP contribution in [0.1, 0.15) is 62.0 Å². The van der Waals surface area contributed by atoms with Crippen LogP contribution in [0.3, 0.4) is 0 Å². The lowest BCUT2D eigenvalue weighted by Crippen LogP contribution is -2.56. The third-order valence-electron chi connectivity index (χ3n) is 10.6. The average molecular weight is 602 g/mol. The molecule has 3 aromatic heterocycles. The van der Waals surface area contributed by atoms with Gasteiger partial charge in [-0.2, -0.15) is 15.1 Å². The van der Waals surface area contributed by atoms with Crippen LogP contribution in [0.4, 0.5) is 14.6 Å². The normalized spacial score (nSPS) is 25.0. The molecule has 0 bridgehead atoms. The van der Waals surface area contributed by atoms with E-state index in [1.807, 2.05) is 0 Å². The van der Waals surface area contributed by atoms with Crippen molar-refractivity contribution in [3.05, 3.63) is 35.4 Å². The van der Waals surface area contributed by atoms with Gasteiger partial charge < -0.3 is 14.4 Å². The molecule has 0 amide bonds. The fraction of sp³-hybridized carbons (Fsp3) is 0.576. The van der Waals surface area contributed by atoms with Crippen LogP contribution in [0.2, 0.25) is 0 Å². The van der Waals surface area contributed by atoms with E-state index in [2.05, 4.69) is 33.0 Å². The number of aromatic nitrogens is 5. The average Bonchev–Trinajstić information content (AvgIpc) is 3.92. The van der Waals surface area contributed by atoms with Crippen molar-refractivity contribution in [3.63, 3.8) is 0 Å². The first-order chi connectivity index (χ1) is 21.4. The van der Waals surface area contributed by atoms with Crippen molar-refractivity contribution in [2.45, 2.75) is 69.6 Å². The van der Waals surface area contributed by atoms with Gasteiger partial charge in [-0.1, -0.05) is 0 Å². The SMILES string of the molecule is Cc1cc2[nH]ncc2c(-c2ncc3c(N4CCC[C@]5(CCO5)C4)nc(OCC4(CN5CC(F)C5)CC4)nc3c2F)c1C1CC1. The molecule has 0 radical (unpaired) electrons. The van der Waals surface area contributed by atoms with Crippen molar-refractivity contribution in [1.82, 2.24) is 30.0 Å². The molecule has 1 atom stereocenters. The number of fused-ring (bicyclic) bond motifs is 2. The number of nitrogens with one attached hydrogen (secondary N) is 1. The lowest BCUT2D eigenvalue weighted by Gasteiger charge is -2.48. The molecule has 6 heterocycles. The number of benzene rings is 1. The molecule has 3 aliphatic heterocycles. The number of hydrogen-bond acceptors (Lipinski definition) is 8. The van der Waals surface area contributed by atoms with E-state index < -0.39 is 12.0 Å². The molecule has 2 saturated carbocycles. The van der Waals surface area contributed by atoms with Crippen molar-refractivity contribution in [1.29, 1.82) is 0 Å². The van der Waals surface area contributed by atoms with Gasteiger partial charge in [-0.25, -0.2) is 8.78 Å². The molecular formula is C33H37F2N7O2. The van der Waals surface area contributed by atoms with Crippen molar-refractivity contribution in [3.8, 4) is 17.3 Å². The predicted octanol–water partition coefficient (Wildman–Crippen LogP) is 5.47. The monoisotopic (exact) mass is 601 g/mol. The first-order valence-electron chi connectivity index (χ1n) is 16.1. The fourth-order valence-electron chi connectivity index (χ4n) is 7.74. The summed E-state index contributed by atoms with van der Waals surface area (Å²) >= 11 is 0. The van der Waals surface area contributed by atoms with E-state index in [4.69, 9.17) is 24.4 Å². The maximum atomic E-state index is 17.0. The Labute approximate surface area is 254 Å². The van der Waals surface area contributed by atoms with Crippen LogP contribution in [0.15, 0.2) is 18.5 Å². The van der Waals surface area contributed by atoms with Gasteiger partial charge in [0.05, 0.1) is 35.9 Å². The second-order valence-corrected chi connectivity index (χ2v) is 14.0. The zero-order chi connectivity index (χ0) is 29.6. The Morgan fingerprint density at radius 2 is 1.95 bits per heavy atom. The van der Waals surface area contributed by atoms with Crippen LogP contribution in [0.25, 0.3) is 33.1 Å². The maximum Gasteiger partial charge on any atom is 0.319 e. The zero-order valence-corrected chi connectivity index (χ0v) is 25.0. The topological polar surface area (TPSA) is 92.3 Å². The molecule has 44 heavy (non-hydrogen) atoms. The summed E-state index contributed by atoms with van der Waals surface area (Å²) in [6.45, 7) is 6.56. The highest BCUT2D eigenvalue weighted by Gasteiger charge is 2.47. The highest BCUT2D eigenvalue weighted by atomic mass is 19.1. The maximum absolute atomic E-state index is 17.0. The molecule has 3 saturated heterocycles. The van der Waals surface area contributed by atoms with Gasteiger partial charge in [-0.3, -0.25) is 15.0 Å². The second-order valence-electron chi connectivity index (χ2n) is 14.0. The van der Waals surface area contributed by atoms with Crippen LogP contribution in [0, 0.1) is 18.2 Å². The third kappa shape index (κ3) is 4.45. The summed E-state index contributed by atoms with van der Waals surface area (Å²) in [5.41, 5.74) is 4.25. The molecule has 1 spiro atoms. The Kier molecular flexibility index (Phi) is 5.98. The molecule has 4 aromatic rings. The molecular weight excluding hydrogens is 564 g/mol. The van der Waals surface area contributed by atoms with E-state index in [1.165, 1.54) is 0 Å². The minimum Gasteiger partial charge on any atom is -0.463 e. The number of halogens is 2. The number of nitrogens with zero attached hydrogens (tertiary/aromatic N) is 6. The molecule has 11 heteroatoms. The number of pyridine rings is 1. The molecule has 2 aliphatic carbocycles. The van der Waals surface area contributed by atoms with Crippen LogP contribution in [-0.4, -0.2) is 87.8 Å². The highest BCUT2D eigenvalue weighted by molar-refractivity contribution is 5.99. The lowest BCUT2D eigenvalue weighted by atomic mass is 9.86. The summed E-state index contributed by atoms with van der Waals surface area (Å²) in [7, 11) is 0. The Morgan fingerprint density at radius 3 is 2.68 bits per heavy atom. The molecule has 0 unspecified atom stereocenters. The standard InChI is InChI=1S/C33H37F2N7O2/c1-19-11-24-22(13-37-40-24)26(25(19)20-3-4-20)29-27(35)28-23(12-36-29)30(42-9-2-5-33(17-42)8-10-44-33)39-31(38-28)43-18-32(6-7-32)16-41-14-21(34)15-41/h11-13,20-21H,2-10,14-18H2,1H3,(H,37,40)/t33-/m0/s1. The number of likely N-dealkylation sites (tertiary alicyclic amines) is 1. The van der Waals surface area contributed by atoms with E-state index in [0.29, 0.717) is 49.1 Å². The number of alkyl halides is 1. The van der Waals surface area contributed by atoms with Gasteiger partial charge in [0.25, 0.3) is 0 Å². The number of piperidine rings is 1. The third-order valence-corrected chi connectivity index (χ3v) is 10.6. The van der Waals surface area contributed by atoms with Crippen molar-refractivity contribution in [2.75, 3.05) is 50.8 Å². The van der Waals surface area contributed by atoms with Crippen molar-refractivity contribution in [2.24, 2.45) is 5.41 Å². The number of anilines is 1. The number of aromatic amines is 1. The van der Waals surface area contributed by atoms with Crippen LogP contribution >= 0.6 is 0 Å². The number of aryl methyl sites for hydroxylation is 1. The van der Waals surface area contributed by atoms with Gasteiger partial charge in [-0.15, -0.1) is 0 Å². The Bertz CT molecular complexity index is 1780. The van der Waals surface area contributed by atoms with Gasteiger partial charge in [0.15, 0.2) is 5.82 Å². The highest BCUT2D eigenvalue weighted by Crippen LogP contribution is 2.50. The van der Waals surface area contributed by atoms with E-state index in [9.17, 15) is 4.39 Å². The summed E-state index contributed by atoms with van der Waals surface area (Å²) in [5, 5.41) is 8.79. The lowest BCUT2D eigenvalue weighted by molar-refractivity contribution is -0.151. The van der Waals surface area contributed by atoms with E-state index in [0.717, 1.165) is 92.2 Å². The van der Waals surface area contributed by atoms with E-state index in [-0.39, 0.29) is 22.5 Å². The molecule has 9 rings (SSSR count). The summed E-state index contributed by atoms with van der Waals surface area (Å²) in [6.07, 6.45) is 9.99. The molecule has 5 fully saturated rings. The quantitative estimate of drug-likeness (QED) is 0.285. The Hall–Kier alpha value is -3.44. The smallest absolute Gasteiger partial charge is 0.319 e.